The van der Waals surface area contributed by atoms with E-state index in [1.165, 1.54) is 4.90 Å². The van der Waals surface area contributed by atoms with Crippen molar-refractivity contribution in [2.24, 2.45) is 0 Å². The standard InChI is InChI=1S/C22H20N4O3/c27-20(24-14-16-6-1-4-9-19(16)25-13-11-23-15-25)10-5-12-26-21(28)17-7-2-3-8-18(17)22(26)29/h1-4,6-9,11,13,15H,5,10,12,14H2,(H,24,27). The fourth-order valence-electron chi connectivity index (χ4n) is 3.44. The predicted octanol–water partition coefficient (Wildman–Crippen LogP) is 2.56. The maximum Gasteiger partial charge on any atom is 0.261 e. The first-order valence-electron chi connectivity index (χ1n) is 9.43. The van der Waals surface area contributed by atoms with Crippen molar-refractivity contribution in [2.45, 2.75) is 19.4 Å². The normalized spacial score (nSPS) is 12.9. The van der Waals surface area contributed by atoms with E-state index < -0.39 is 0 Å². The molecular formula is C22H20N4O3. The van der Waals surface area contributed by atoms with Crippen LogP contribution in [-0.2, 0) is 11.3 Å². The van der Waals surface area contributed by atoms with E-state index in [1.807, 2.05) is 35.0 Å². The molecule has 1 aliphatic rings. The van der Waals surface area contributed by atoms with Gasteiger partial charge in [-0.1, -0.05) is 30.3 Å². The zero-order valence-corrected chi connectivity index (χ0v) is 15.7. The van der Waals surface area contributed by atoms with E-state index in [0.717, 1.165) is 11.3 Å². The highest BCUT2D eigenvalue weighted by atomic mass is 16.2. The number of imide groups is 1. The maximum absolute atomic E-state index is 12.3. The summed E-state index contributed by atoms with van der Waals surface area (Å²) in [5.74, 6) is -0.706. The second-order valence-electron chi connectivity index (χ2n) is 6.79. The van der Waals surface area contributed by atoms with Gasteiger partial charge in [0.25, 0.3) is 11.8 Å². The number of carbonyl (C=O) groups excluding carboxylic acids is 3. The van der Waals surface area contributed by atoms with Crippen LogP contribution in [0.5, 0.6) is 0 Å². The van der Waals surface area contributed by atoms with Gasteiger partial charge in [0.2, 0.25) is 5.91 Å². The molecule has 0 radical (unpaired) electrons. The number of carbonyl (C=O) groups is 3. The molecule has 0 aliphatic carbocycles. The Labute approximate surface area is 168 Å². The summed E-state index contributed by atoms with van der Waals surface area (Å²) in [6, 6.07) is 14.6. The molecular weight excluding hydrogens is 368 g/mol. The first kappa shape index (κ1) is 18.6. The zero-order valence-electron chi connectivity index (χ0n) is 15.7. The molecule has 1 aromatic heterocycles. The lowest BCUT2D eigenvalue weighted by Crippen LogP contribution is -2.32. The number of benzene rings is 2. The molecule has 4 rings (SSSR count). The average Bonchev–Trinajstić information content (AvgIpc) is 3.36. The minimum Gasteiger partial charge on any atom is -0.352 e. The minimum absolute atomic E-state index is 0.123. The molecule has 2 aromatic carbocycles. The van der Waals surface area contributed by atoms with Crippen molar-refractivity contribution >= 4 is 17.7 Å². The number of amides is 3. The lowest BCUT2D eigenvalue weighted by atomic mass is 10.1. The van der Waals surface area contributed by atoms with Crippen molar-refractivity contribution in [3.05, 3.63) is 83.9 Å². The van der Waals surface area contributed by atoms with Crippen LogP contribution in [0.2, 0.25) is 0 Å². The van der Waals surface area contributed by atoms with Crippen LogP contribution in [0.25, 0.3) is 5.69 Å². The van der Waals surface area contributed by atoms with Crippen LogP contribution in [0.4, 0.5) is 0 Å². The van der Waals surface area contributed by atoms with Crippen LogP contribution in [0.1, 0.15) is 39.1 Å². The molecule has 29 heavy (non-hydrogen) atoms. The van der Waals surface area contributed by atoms with Gasteiger partial charge in [-0.3, -0.25) is 19.3 Å². The molecule has 3 aromatic rings. The highest BCUT2D eigenvalue weighted by molar-refractivity contribution is 6.21. The Morgan fingerprint density at radius 3 is 2.34 bits per heavy atom. The largest absolute Gasteiger partial charge is 0.352 e. The fraction of sp³-hybridized carbons (Fsp3) is 0.182. The van der Waals surface area contributed by atoms with Crippen molar-refractivity contribution in [1.29, 1.82) is 0 Å². The highest BCUT2D eigenvalue weighted by Gasteiger charge is 2.34. The van der Waals surface area contributed by atoms with Gasteiger partial charge in [-0.2, -0.15) is 0 Å². The van der Waals surface area contributed by atoms with Gasteiger partial charge in [0.15, 0.2) is 0 Å². The smallest absolute Gasteiger partial charge is 0.261 e. The molecule has 1 N–H and O–H groups in total. The number of hydrogen-bond acceptors (Lipinski definition) is 4. The highest BCUT2D eigenvalue weighted by Crippen LogP contribution is 2.22. The van der Waals surface area contributed by atoms with Crippen molar-refractivity contribution in [3.8, 4) is 5.69 Å². The first-order chi connectivity index (χ1) is 14.1. The van der Waals surface area contributed by atoms with E-state index in [4.69, 9.17) is 0 Å². The zero-order chi connectivity index (χ0) is 20.2. The Morgan fingerprint density at radius 2 is 1.66 bits per heavy atom. The number of nitrogens with zero attached hydrogens (tertiary/aromatic N) is 3. The Balaban J connectivity index is 1.29. The molecule has 2 heterocycles. The summed E-state index contributed by atoms with van der Waals surface area (Å²) in [5.41, 5.74) is 2.78. The molecule has 0 fully saturated rings. The van der Waals surface area contributed by atoms with Gasteiger partial charge in [0.1, 0.15) is 0 Å². The Kier molecular flexibility index (Phi) is 5.20. The van der Waals surface area contributed by atoms with Crippen molar-refractivity contribution < 1.29 is 14.4 Å². The molecule has 3 amide bonds. The van der Waals surface area contributed by atoms with Gasteiger partial charge >= 0.3 is 0 Å². The van der Waals surface area contributed by atoms with Crippen molar-refractivity contribution in [3.63, 3.8) is 0 Å². The third-order valence-electron chi connectivity index (χ3n) is 4.91. The molecule has 0 unspecified atom stereocenters. The summed E-state index contributed by atoms with van der Waals surface area (Å²) in [5, 5.41) is 2.91. The molecule has 146 valence electrons. The quantitative estimate of drug-likeness (QED) is 0.631. The average molecular weight is 388 g/mol. The van der Waals surface area contributed by atoms with Crippen molar-refractivity contribution in [1.82, 2.24) is 19.8 Å². The summed E-state index contributed by atoms with van der Waals surface area (Å²) in [7, 11) is 0. The van der Waals surface area contributed by atoms with Gasteiger partial charge in [-0.15, -0.1) is 0 Å². The number of hydrogen-bond donors (Lipinski definition) is 1. The minimum atomic E-state index is -0.291. The molecule has 0 atom stereocenters. The summed E-state index contributed by atoms with van der Waals surface area (Å²) >= 11 is 0. The Morgan fingerprint density at radius 1 is 0.966 bits per heavy atom. The first-order valence-corrected chi connectivity index (χ1v) is 9.43. The maximum atomic E-state index is 12.3. The van der Waals surface area contributed by atoms with Crippen LogP contribution in [0.3, 0.4) is 0 Å². The molecule has 7 nitrogen and oxygen atoms in total. The molecule has 0 saturated carbocycles. The third-order valence-corrected chi connectivity index (χ3v) is 4.91. The van der Waals surface area contributed by atoms with Crippen molar-refractivity contribution in [2.75, 3.05) is 6.54 Å². The van der Waals surface area contributed by atoms with Crippen LogP contribution in [0, 0.1) is 0 Å². The lowest BCUT2D eigenvalue weighted by molar-refractivity contribution is -0.121. The Bertz CT molecular complexity index is 1020. The number of nitrogens with one attached hydrogen (secondary N) is 1. The van der Waals surface area contributed by atoms with E-state index in [1.54, 1.807) is 36.8 Å². The van der Waals surface area contributed by atoms with E-state index in [2.05, 4.69) is 10.3 Å². The molecule has 0 saturated heterocycles. The van der Waals surface area contributed by atoms with Crippen LogP contribution < -0.4 is 5.32 Å². The van der Waals surface area contributed by atoms with E-state index in [0.29, 0.717) is 24.1 Å². The number of para-hydroxylation sites is 1. The number of rotatable bonds is 7. The fourth-order valence-corrected chi connectivity index (χ4v) is 3.44. The van der Waals surface area contributed by atoms with Gasteiger partial charge in [0.05, 0.1) is 23.1 Å². The summed E-state index contributed by atoms with van der Waals surface area (Å²) in [4.78, 5) is 42.2. The van der Waals surface area contributed by atoms with Crippen LogP contribution >= 0.6 is 0 Å². The van der Waals surface area contributed by atoms with Crippen LogP contribution in [0.15, 0.2) is 67.3 Å². The molecule has 0 spiro atoms. The summed E-state index contributed by atoms with van der Waals surface area (Å²) in [6.45, 7) is 0.617. The van der Waals surface area contributed by atoms with Gasteiger partial charge in [-0.05, 0) is 30.2 Å². The van der Waals surface area contributed by atoms with Gasteiger partial charge in [-0.25, -0.2) is 4.98 Å². The number of imidazole rings is 1. The van der Waals surface area contributed by atoms with Gasteiger partial charge in [0, 0.05) is 31.9 Å². The topological polar surface area (TPSA) is 84.3 Å². The third kappa shape index (κ3) is 3.80. The van der Waals surface area contributed by atoms with Gasteiger partial charge < -0.3 is 9.88 Å². The Hall–Kier alpha value is -3.74. The second kappa shape index (κ2) is 8.10. The van der Waals surface area contributed by atoms with E-state index >= 15 is 0 Å². The lowest BCUT2D eigenvalue weighted by Gasteiger charge is -2.14. The monoisotopic (exact) mass is 388 g/mol. The second-order valence-corrected chi connectivity index (χ2v) is 6.79. The number of aromatic nitrogens is 2. The molecule has 7 heteroatoms. The molecule has 1 aliphatic heterocycles. The number of fused-ring (bicyclic) bond motifs is 1. The van der Waals surface area contributed by atoms with Crippen LogP contribution in [-0.4, -0.2) is 38.7 Å². The van der Waals surface area contributed by atoms with E-state index in [-0.39, 0.29) is 30.7 Å². The SMILES string of the molecule is O=C(CCCN1C(=O)c2ccccc2C1=O)NCc1ccccc1-n1ccnc1. The summed E-state index contributed by atoms with van der Waals surface area (Å²) in [6.07, 6.45) is 5.92. The van der Waals surface area contributed by atoms with E-state index in [9.17, 15) is 14.4 Å². The molecule has 0 bridgehead atoms. The summed E-state index contributed by atoms with van der Waals surface area (Å²) < 4.78 is 1.89. The predicted molar refractivity (Wildman–Crippen MR) is 106 cm³/mol.